The molecule has 3 unspecified atom stereocenters. The third-order valence-corrected chi connectivity index (χ3v) is 4.22. The second kappa shape index (κ2) is 5.89. The van der Waals surface area contributed by atoms with Crippen LogP contribution < -0.4 is 0 Å². The Kier molecular flexibility index (Phi) is 4.49. The van der Waals surface area contributed by atoms with E-state index in [-0.39, 0.29) is 18.4 Å². The highest BCUT2D eigenvalue weighted by Crippen LogP contribution is 2.31. The number of rotatable bonds is 3. The summed E-state index contributed by atoms with van der Waals surface area (Å²) in [6, 6.07) is 0. The quantitative estimate of drug-likeness (QED) is 0.705. The predicted octanol–water partition coefficient (Wildman–Crippen LogP) is 1.43. The molecule has 0 aliphatic carbocycles. The number of hydrogen-bond acceptors (Lipinski definition) is 5. The van der Waals surface area contributed by atoms with Crippen molar-refractivity contribution >= 4 is 17.7 Å². The van der Waals surface area contributed by atoms with E-state index in [4.69, 9.17) is 9.47 Å². The van der Waals surface area contributed by atoms with Gasteiger partial charge in [-0.1, -0.05) is 0 Å². The monoisotopic (exact) mass is 246 g/mol. The molecular weight excluding hydrogens is 228 g/mol. The average Bonchev–Trinajstić information content (AvgIpc) is 2.78. The largest absolute Gasteiger partial charge is 0.469 e. The maximum Gasteiger partial charge on any atom is 0.308 e. The van der Waals surface area contributed by atoms with Gasteiger partial charge in [0.2, 0.25) is 0 Å². The predicted molar refractivity (Wildman–Crippen MR) is 61.3 cm³/mol. The zero-order valence-corrected chi connectivity index (χ0v) is 10.3. The summed E-state index contributed by atoms with van der Waals surface area (Å²) in [6.45, 7) is 0.515. The maximum absolute atomic E-state index is 11.1. The van der Waals surface area contributed by atoms with E-state index in [0.29, 0.717) is 18.9 Å². The van der Waals surface area contributed by atoms with Gasteiger partial charge >= 0.3 is 5.97 Å². The van der Waals surface area contributed by atoms with Crippen molar-refractivity contribution < 1.29 is 19.0 Å². The number of ether oxygens (including phenoxy) is 3. The molecule has 2 fully saturated rings. The van der Waals surface area contributed by atoms with Crippen molar-refractivity contribution in [1.29, 1.82) is 0 Å². The molecule has 0 aromatic heterocycles. The average molecular weight is 246 g/mol. The normalized spacial score (nSPS) is 34.9. The van der Waals surface area contributed by atoms with Crippen molar-refractivity contribution in [3.05, 3.63) is 0 Å². The third kappa shape index (κ3) is 3.12. The van der Waals surface area contributed by atoms with Crippen LogP contribution in [0.5, 0.6) is 0 Å². The van der Waals surface area contributed by atoms with Gasteiger partial charge in [0.1, 0.15) is 0 Å². The molecule has 16 heavy (non-hydrogen) atoms. The lowest BCUT2D eigenvalue weighted by molar-refractivity contribution is -0.144. The lowest BCUT2D eigenvalue weighted by Gasteiger charge is -2.25. The summed E-state index contributed by atoms with van der Waals surface area (Å²) < 4.78 is 16.0. The number of hydrogen-bond donors (Lipinski definition) is 0. The first-order valence-electron chi connectivity index (χ1n) is 5.71. The van der Waals surface area contributed by atoms with Gasteiger partial charge in [0.15, 0.2) is 6.29 Å². The van der Waals surface area contributed by atoms with Crippen molar-refractivity contribution in [3.8, 4) is 0 Å². The molecule has 0 aromatic rings. The minimum Gasteiger partial charge on any atom is -0.469 e. The smallest absolute Gasteiger partial charge is 0.308 e. The Labute approximate surface area is 100 Å². The molecule has 0 bridgehead atoms. The standard InChI is InChI=1S/C11H18O4S/c1-13-10(12)5-9-6-14-11(15-9)8-3-2-4-16-7-8/h8-9,11H,2-7H2,1H3. The Morgan fingerprint density at radius 1 is 1.56 bits per heavy atom. The van der Waals surface area contributed by atoms with Gasteiger partial charge in [-0.15, -0.1) is 0 Å². The van der Waals surface area contributed by atoms with Gasteiger partial charge in [0, 0.05) is 11.7 Å². The summed E-state index contributed by atoms with van der Waals surface area (Å²) in [5.74, 6) is 2.61. The number of esters is 1. The molecule has 2 aliphatic heterocycles. The number of thioether (sulfide) groups is 1. The van der Waals surface area contributed by atoms with Gasteiger partial charge in [0.05, 0.1) is 26.2 Å². The summed E-state index contributed by atoms with van der Waals surface area (Å²) in [5.41, 5.74) is 0. The van der Waals surface area contributed by atoms with Crippen LogP contribution in [0.3, 0.4) is 0 Å². The lowest BCUT2D eigenvalue weighted by atomic mass is 10.1. The Bertz CT molecular complexity index is 240. The molecule has 4 nitrogen and oxygen atoms in total. The topological polar surface area (TPSA) is 44.8 Å². The molecule has 3 atom stereocenters. The molecule has 0 radical (unpaired) electrons. The molecule has 92 valence electrons. The summed E-state index contributed by atoms with van der Waals surface area (Å²) in [6.07, 6.45) is 2.47. The first-order valence-corrected chi connectivity index (χ1v) is 6.86. The van der Waals surface area contributed by atoms with Crippen molar-refractivity contribution in [1.82, 2.24) is 0 Å². The molecule has 0 N–H and O–H groups in total. The van der Waals surface area contributed by atoms with E-state index in [1.54, 1.807) is 0 Å². The fraction of sp³-hybridized carbons (Fsp3) is 0.909. The zero-order valence-electron chi connectivity index (χ0n) is 9.52. The second-order valence-corrected chi connectivity index (χ2v) is 5.37. The van der Waals surface area contributed by atoms with E-state index in [1.165, 1.54) is 25.7 Å². The Morgan fingerprint density at radius 2 is 2.44 bits per heavy atom. The van der Waals surface area contributed by atoms with Crippen molar-refractivity contribution in [2.24, 2.45) is 5.92 Å². The van der Waals surface area contributed by atoms with Crippen LogP contribution in [0.1, 0.15) is 19.3 Å². The first kappa shape index (κ1) is 12.2. The first-order chi connectivity index (χ1) is 7.79. The van der Waals surface area contributed by atoms with Crippen LogP contribution in [0.15, 0.2) is 0 Å². The van der Waals surface area contributed by atoms with Crippen molar-refractivity contribution in [2.45, 2.75) is 31.7 Å². The van der Waals surface area contributed by atoms with Crippen LogP contribution in [0.25, 0.3) is 0 Å². The van der Waals surface area contributed by atoms with Crippen molar-refractivity contribution in [3.63, 3.8) is 0 Å². The molecule has 2 saturated heterocycles. The highest BCUT2D eigenvalue weighted by molar-refractivity contribution is 7.99. The van der Waals surface area contributed by atoms with Gasteiger partial charge in [-0.25, -0.2) is 0 Å². The van der Waals surface area contributed by atoms with Crippen LogP contribution in [-0.4, -0.2) is 43.6 Å². The van der Waals surface area contributed by atoms with Crippen LogP contribution in [-0.2, 0) is 19.0 Å². The Balaban J connectivity index is 1.76. The van der Waals surface area contributed by atoms with Crippen LogP contribution in [0.4, 0.5) is 0 Å². The Hall–Kier alpha value is -0.260. The molecule has 0 saturated carbocycles. The number of methoxy groups -OCH3 is 1. The molecule has 0 amide bonds. The molecule has 2 heterocycles. The molecule has 0 aromatic carbocycles. The zero-order chi connectivity index (χ0) is 11.4. The fourth-order valence-electron chi connectivity index (χ4n) is 2.07. The van der Waals surface area contributed by atoms with E-state index in [9.17, 15) is 4.79 Å². The highest BCUT2D eigenvalue weighted by atomic mass is 32.2. The summed E-state index contributed by atoms with van der Waals surface area (Å²) in [4.78, 5) is 11.1. The van der Waals surface area contributed by atoms with E-state index in [0.717, 1.165) is 5.75 Å². The molecular formula is C11H18O4S. The van der Waals surface area contributed by atoms with Crippen molar-refractivity contribution in [2.75, 3.05) is 25.2 Å². The summed E-state index contributed by atoms with van der Waals surface area (Å²) in [5, 5.41) is 0. The summed E-state index contributed by atoms with van der Waals surface area (Å²) >= 11 is 1.96. The SMILES string of the molecule is COC(=O)CC1COC(C2CCCSC2)O1. The molecule has 2 rings (SSSR count). The van der Waals surface area contributed by atoms with Gasteiger partial charge in [-0.05, 0) is 18.6 Å². The van der Waals surface area contributed by atoms with Crippen LogP contribution in [0, 0.1) is 5.92 Å². The minimum absolute atomic E-state index is 0.109. The minimum atomic E-state index is -0.229. The van der Waals surface area contributed by atoms with Gasteiger partial charge < -0.3 is 14.2 Å². The summed E-state index contributed by atoms with van der Waals surface area (Å²) in [7, 11) is 1.40. The van der Waals surface area contributed by atoms with E-state index in [2.05, 4.69) is 4.74 Å². The maximum atomic E-state index is 11.1. The molecule has 0 spiro atoms. The third-order valence-electron chi connectivity index (χ3n) is 2.98. The van der Waals surface area contributed by atoms with Crippen LogP contribution >= 0.6 is 11.8 Å². The van der Waals surface area contributed by atoms with E-state index in [1.807, 2.05) is 11.8 Å². The fourth-order valence-corrected chi connectivity index (χ4v) is 3.24. The lowest BCUT2D eigenvalue weighted by Crippen LogP contribution is -2.27. The molecule has 2 aliphatic rings. The number of carbonyl (C=O) groups excluding carboxylic acids is 1. The van der Waals surface area contributed by atoms with E-state index >= 15 is 0 Å². The van der Waals surface area contributed by atoms with Gasteiger partial charge in [-0.3, -0.25) is 4.79 Å². The second-order valence-electron chi connectivity index (χ2n) is 4.22. The van der Waals surface area contributed by atoms with Gasteiger partial charge in [-0.2, -0.15) is 11.8 Å². The van der Waals surface area contributed by atoms with Crippen LogP contribution in [0.2, 0.25) is 0 Å². The highest BCUT2D eigenvalue weighted by Gasteiger charge is 2.34. The van der Waals surface area contributed by atoms with Gasteiger partial charge in [0.25, 0.3) is 0 Å². The Morgan fingerprint density at radius 3 is 3.12 bits per heavy atom. The van der Waals surface area contributed by atoms with E-state index < -0.39 is 0 Å². The number of carbonyl (C=O) groups is 1. The molecule has 5 heteroatoms.